The van der Waals surface area contributed by atoms with Crippen molar-refractivity contribution in [1.82, 2.24) is 10.2 Å². The number of benzene rings is 1. The molecule has 0 radical (unpaired) electrons. The van der Waals surface area contributed by atoms with Crippen LogP contribution in [-0.4, -0.2) is 23.2 Å². The van der Waals surface area contributed by atoms with E-state index in [1.54, 1.807) is 19.4 Å². The van der Waals surface area contributed by atoms with Gasteiger partial charge >= 0.3 is 0 Å². The number of nitrogens with zero attached hydrogens (tertiary/aromatic N) is 1. The van der Waals surface area contributed by atoms with E-state index in [1.165, 1.54) is 0 Å². The van der Waals surface area contributed by atoms with Gasteiger partial charge in [-0.1, -0.05) is 18.6 Å². The molecular formula is C15H17N3O2. The highest BCUT2D eigenvalue weighted by Gasteiger charge is 2.45. The van der Waals surface area contributed by atoms with Crippen molar-refractivity contribution in [3.8, 4) is 5.75 Å². The lowest BCUT2D eigenvalue weighted by molar-refractivity contribution is -0.124. The number of carbonyl (C=O) groups excluding carboxylic acids is 1. The van der Waals surface area contributed by atoms with Crippen LogP contribution in [-0.2, 0) is 10.2 Å². The molecule has 2 N–H and O–H groups in total. The summed E-state index contributed by atoms with van der Waals surface area (Å²) in [5.41, 5.74) is 0.624. The van der Waals surface area contributed by atoms with Crippen LogP contribution in [0.3, 0.4) is 0 Å². The quantitative estimate of drug-likeness (QED) is 0.897. The first-order chi connectivity index (χ1) is 9.74. The van der Waals surface area contributed by atoms with Crippen LogP contribution in [0.1, 0.15) is 24.8 Å². The molecule has 104 valence electrons. The summed E-state index contributed by atoms with van der Waals surface area (Å²) in [4.78, 5) is 12.6. The summed E-state index contributed by atoms with van der Waals surface area (Å²) in [6.45, 7) is 0. The summed E-state index contributed by atoms with van der Waals surface area (Å²) >= 11 is 0. The van der Waals surface area contributed by atoms with Gasteiger partial charge in [0.1, 0.15) is 11.6 Å². The van der Waals surface area contributed by atoms with E-state index in [9.17, 15) is 4.79 Å². The Kier molecular flexibility index (Phi) is 3.18. The molecule has 0 atom stereocenters. The molecule has 1 aromatic heterocycles. The number of nitrogens with one attached hydrogen (secondary N) is 2. The Balaban J connectivity index is 1.84. The predicted molar refractivity (Wildman–Crippen MR) is 75.7 cm³/mol. The third-order valence-corrected chi connectivity index (χ3v) is 4.03. The van der Waals surface area contributed by atoms with E-state index in [2.05, 4.69) is 15.5 Å². The number of amides is 1. The van der Waals surface area contributed by atoms with Crippen LogP contribution in [0, 0.1) is 0 Å². The van der Waals surface area contributed by atoms with Crippen LogP contribution in [0.25, 0.3) is 0 Å². The lowest BCUT2D eigenvalue weighted by atomic mass is 9.64. The summed E-state index contributed by atoms with van der Waals surface area (Å²) in [6, 6.07) is 9.51. The number of aromatic amines is 1. The monoisotopic (exact) mass is 271 g/mol. The molecule has 1 saturated carbocycles. The number of hydrogen-bond acceptors (Lipinski definition) is 3. The molecule has 2 aromatic rings. The van der Waals surface area contributed by atoms with E-state index >= 15 is 0 Å². The Bertz CT molecular complexity index is 586. The maximum atomic E-state index is 12.6. The minimum absolute atomic E-state index is 0.0261. The number of ether oxygens (including phenoxy) is 1. The Morgan fingerprint density at radius 3 is 2.55 bits per heavy atom. The highest BCUT2D eigenvalue weighted by atomic mass is 16.5. The second-order valence-corrected chi connectivity index (χ2v) is 5.09. The van der Waals surface area contributed by atoms with Crippen LogP contribution in [0.5, 0.6) is 5.75 Å². The van der Waals surface area contributed by atoms with Gasteiger partial charge in [-0.3, -0.25) is 9.89 Å². The number of aromatic nitrogens is 2. The fourth-order valence-corrected chi connectivity index (χ4v) is 2.65. The standard InChI is InChI=1S/C15H17N3O2/c1-20-12-5-3-11(4-6-12)15(8-2-9-15)14(19)17-13-7-10-16-18-13/h3-7,10H,2,8-9H2,1H3,(H2,16,17,18,19). The van der Waals surface area contributed by atoms with Gasteiger partial charge in [0.05, 0.1) is 18.7 Å². The van der Waals surface area contributed by atoms with Gasteiger partial charge in [0.15, 0.2) is 0 Å². The van der Waals surface area contributed by atoms with Crippen molar-refractivity contribution < 1.29 is 9.53 Å². The van der Waals surface area contributed by atoms with Crippen LogP contribution < -0.4 is 10.1 Å². The molecule has 1 aliphatic carbocycles. The molecule has 3 rings (SSSR count). The van der Waals surface area contributed by atoms with Gasteiger partial charge in [0.25, 0.3) is 0 Å². The van der Waals surface area contributed by atoms with Gasteiger partial charge in [0, 0.05) is 6.07 Å². The first-order valence-corrected chi connectivity index (χ1v) is 6.70. The second kappa shape index (κ2) is 5.00. The first kappa shape index (κ1) is 12.7. The minimum atomic E-state index is -0.419. The summed E-state index contributed by atoms with van der Waals surface area (Å²) in [5, 5.41) is 9.50. The smallest absolute Gasteiger partial charge is 0.236 e. The SMILES string of the molecule is COc1ccc(C2(C(=O)Nc3ccn[nH]3)CCC2)cc1. The molecule has 1 aliphatic rings. The third kappa shape index (κ3) is 2.05. The molecule has 0 saturated heterocycles. The maximum Gasteiger partial charge on any atom is 0.236 e. The molecule has 1 heterocycles. The van der Waals surface area contributed by atoms with Crippen LogP contribution in [0.2, 0.25) is 0 Å². The summed E-state index contributed by atoms with van der Waals surface area (Å²) < 4.78 is 5.17. The number of carbonyl (C=O) groups is 1. The van der Waals surface area contributed by atoms with Gasteiger partial charge < -0.3 is 10.1 Å². The Hall–Kier alpha value is -2.30. The van der Waals surface area contributed by atoms with E-state index in [0.29, 0.717) is 5.82 Å². The van der Waals surface area contributed by atoms with E-state index in [0.717, 1.165) is 30.6 Å². The second-order valence-electron chi connectivity index (χ2n) is 5.09. The maximum absolute atomic E-state index is 12.6. The predicted octanol–water partition coefficient (Wildman–Crippen LogP) is 2.48. The molecule has 1 fully saturated rings. The summed E-state index contributed by atoms with van der Waals surface area (Å²) in [6.07, 6.45) is 4.44. The largest absolute Gasteiger partial charge is 0.497 e. The summed E-state index contributed by atoms with van der Waals surface area (Å²) in [7, 11) is 1.64. The molecule has 1 aromatic carbocycles. The fraction of sp³-hybridized carbons (Fsp3) is 0.333. The van der Waals surface area contributed by atoms with E-state index in [1.807, 2.05) is 24.3 Å². The zero-order valence-corrected chi connectivity index (χ0v) is 11.3. The van der Waals surface area contributed by atoms with Gasteiger partial charge in [-0.15, -0.1) is 0 Å². The first-order valence-electron chi connectivity index (χ1n) is 6.70. The molecule has 1 amide bonds. The third-order valence-electron chi connectivity index (χ3n) is 4.03. The average molecular weight is 271 g/mol. The summed E-state index contributed by atoms with van der Waals surface area (Å²) in [5.74, 6) is 1.46. The number of anilines is 1. The van der Waals surface area contributed by atoms with Crippen LogP contribution in [0.4, 0.5) is 5.82 Å². The molecule has 0 aliphatic heterocycles. The number of rotatable bonds is 4. The lowest BCUT2D eigenvalue weighted by Gasteiger charge is -2.40. The Morgan fingerprint density at radius 1 is 1.30 bits per heavy atom. The van der Waals surface area contributed by atoms with Crippen molar-refractivity contribution >= 4 is 11.7 Å². The number of methoxy groups -OCH3 is 1. The molecule has 20 heavy (non-hydrogen) atoms. The van der Waals surface area contributed by atoms with Crippen molar-refractivity contribution in [3.63, 3.8) is 0 Å². The van der Waals surface area contributed by atoms with Crippen molar-refractivity contribution in [2.45, 2.75) is 24.7 Å². The molecule has 0 spiro atoms. The number of H-pyrrole nitrogens is 1. The van der Waals surface area contributed by atoms with Gasteiger partial charge in [0.2, 0.25) is 5.91 Å². The fourth-order valence-electron chi connectivity index (χ4n) is 2.65. The van der Waals surface area contributed by atoms with Crippen molar-refractivity contribution in [1.29, 1.82) is 0 Å². The van der Waals surface area contributed by atoms with Crippen LogP contribution >= 0.6 is 0 Å². The van der Waals surface area contributed by atoms with Crippen molar-refractivity contribution in [3.05, 3.63) is 42.1 Å². The minimum Gasteiger partial charge on any atom is -0.497 e. The molecule has 0 bridgehead atoms. The topological polar surface area (TPSA) is 67.0 Å². The Morgan fingerprint density at radius 2 is 2.05 bits per heavy atom. The van der Waals surface area contributed by atoms with Crippen molar-refractivity contribution in [2.24, 2.45) is 0 Å². The van der Waals surface area contributed by atoms with Gasteiger partial charge in [-0.05, 0) is 30.5 Å². The normalized spacial score (nSPS) is 16.2. The van der Waals surface area contributed by atoms with E-state index in [-0.39, 0.29) is 5.91 Å². The van der Waals surface area contributed by atoms with E-state index in [4.69, 9.17) is 4.74 Å². The highest BCUT2D eigenvalue weighted by Crippen LogP contribution is 2.44. The van der Waals surface area contributed by atoms with Gasteiger partial charge in [-0.25, -0.2) is 0 Å². The highest BCUT2D eigenvalue weighted by molar-refractivity contribution is 5.99. The molecular weight excluding hydrogens is 254 g/mol. The molecule has 5 heteroatoms. The van der Waals surface area contributed by atoms with Crippen LogP contribution in [0.15, 0.2) is 36.5 Å². The lowest BCUT2D eigenvalue weighted by Crippen LogP contribution is -2.46. The zero-order chi connectivity index (χ0) is 14.0. The Labute approximate surface area is 117 Å². The average Bonchev–Trinajstić information content (AvgIpc) is 2.91. The number of hydrogen-bond donors (Lipinski definition) is 2. The molecule has 5 nitrogen and oxygen atoms in total. The van der Waals surface area contributed by atoms with Gasteiger partial charge in [-0.2, -0.15) is 5.10 Å². The van der Waals surface area contributed by atoms with Crippen molar-refractivity contribution in [2.75, 3.05) is 12.4 Å². The molecule has 0 unspecified atom stereocenters. The zero-order valence-electron chi connectivity index (χ0n) is 11.3. The van der Waals surface area contributed by atoms with E-state index < -0.39 is 5.41 Å².